The Balaban J connectivity index is 2.01. The van der Waals surface area contributed by atoms with Crippen molar-refractivity contribution in [3.05, 3.63) is 59.4 Å². The molecular formula is C23H32N2O3. The van der Waals surface area contributed by atoms with Crippen LogP contribution in [0.2, 0.25) is 0 Å². The van der Waals surface area contributed by atoms with Gasteiger partial charge in [-0.1, -0.05) is 45.0 Å². The smallest absolute Gasteiger partial charge is 0.137 e. The van der Waals surface area contributed by atoms with Gasteiger partial charge in [0, 0.05) is 43.3 Å². The Hall–Kier alpha value is -1.95. The first-order valence-electron chi connectivity index (χ1n) is 10.0. The summed E-state index contributed by atoms with van der Waals surface area (Å²) in [6.45, 7) is 8.56. The quantitative estimate of drug-likeness (QED) is 0.685. The Morgan fingerprint density at radius 1 is 1.18 bits per heavy atom. The number of nitrogens with zero attached hydrogens (tertiary/aromatic N) is 2. The molecule has 1 aromatic heterocycles. The lowest BCUT2D eigenvalue weighted by molar-refractivity contribution is -0.127. The molecule has 1 aromatic carbocycles. The summed E-state index contributed by atoms with van der Waals surface area (Å²) in [6, 6.07) is 10.2. The predicted molar refractivity (Wildman–Crippen MR) is 111 cm³/mol. The van der Waals surface area contributed by atoms with Crippen LogP contribution in [0.1, 0.15) is 49.8 Å². The molecule has 1 unspecified atom stereocenters. The molecule has 5 nitrogen and oxygen atoms in total. The van der Waals surface area contributed by atoms with Crippen molar-refractivity contribution >= 4 is 0 Å². The van der Waals surface area contributed by atoms with Crippen LogP contribution in [0.15, 0.2) is 42.7 Å². The van der Waals surface area contributed by atoms with Gasteiger partial charge in [-0.15, -0.1) is 0 Å². The fourth-order valence-electron chi connectivity index (χ4n) is 4.30. The predicted octanol–water partition coefficient (Wildman–Crippen LogP) is 3.15. The Kier molecular flexibility index (Phi) is 6.08. The molecule has 3 rings (SSSR count). The zero-order chi connectivity index (χ0) is 20.4. The maximum atomic E-state index is 12.1. The van der Waals surface area contributed by atoms with Gasteiger partial charge < -0.3 is 19.8 Å². The molecule has 0 saturated carbocycles. The number of aliphatic hydroxyl groups excluding tert-OH is 1. The number of aliphatic hydroxyl groups is 2. The normalized spacial score (nSPS) is 18.5. The van der Waals surface area contributed by atoms with Crippen LogP contribution >= 0.6 is 0 Å². The lowest BCUT2D eigenvalue weighted by atomic mass is 9.62. The van der Waals surface area contributed by atoms with Crippen LogP contribution < -0.4 is 4.74 Å². The highest BCUT2D eigenvalue weighted by atomic mass is 16.5. The third kappa shape index (κ3) is 3.79. The van der Waals surface area contributed by atoms with Gasteiger partial charge in [0.15, 0.2) is 0 Å². The maximum absolute atomic E-state index is 12.1. The SMILES string of the molecule is CC(C)c1ccc(C(O)(c2cncc(OCCCO)c2)C2(C)CN(C)C2)cc1. The molecule has 0 aliphatic carbocycles. The summed E-state index contributed by atoms with van der Waals surface area (Å²) >= 11 is 0. The Morgan fingerprint density at radius 3 is 2.43 bits per heavy atom. The van der Waals surface area contributed by atoms with Crippen molar-refractivity contribution in [1.82, 2.24) is 9.88 Å². The van der Waals surface area contributed by atoms with Crippen LogP contribution in [0, 0.1) is 5.41 Å². The highest BCUT2D eigenvalue weighted by Gasteiger charge is 2.55. The van der Waals surface area contributed by atoms with E-state index < -0.39 is 5.60 Å². The summed E-state index contributed by atoms with van der Waals surface area (Å²) in [5.41, 5.74) is 1.37. The van der Waals surface area contributed by atoms with E-state index in [1.54, 1.807) is 12.4 Å². The molecular weight excluding hydrogens is 352 g/mol. The monoisotopic (exact) mass is 384 g/mol. The number of ether oxygens (including phenoxy) is 1. The molecule has 1 saturated heterocycles. The molecule has 1 aliphatic heterocycles. The summed E-state index contributed by atoms with van der Waals surface area (Å²) in [6.07, 6.45) is 3.95. The molecule has 5 heteroatoms. The van der Waals surface area contributed by atoms with E-state index in [0.717, 1.165) is 24.2 Å². The van der Waals surface area contributed by atoms with Crippen molar-refractivity contribution in [1.29, 1.82) is 0 Å². The van der Waals surface area contributed by atoms with Crippen molar-refractivity contribution in [3.63, 3.8) is 0 Å². The number of rotatable bonds is 8. The lowest BCUT2D eigenvalue weighted by Gasteiger charge is -2.55. The van der Waals surface area contributed by atoms with Gasteiger partial charge in [-0.05, 0) is 30.2 Å². The summed E-state index contributed by atoms with van der Waals surface area (Å²) < 4.78 is 5.71. The molecule has 0 amide bonds. The number of pyridine rings is 1. The third-order valence-electron chi connectivity index (χ3n) is 5.81. The van der Waals surface area contributed by atoms with Gasteiger partial charge in [-0.2, -0.15) is 0 Å². The first-order chi connectivity index (χ1) is 13.3. The fraction of sp³-hybridized carbons (Fsp3) is 0.522. The number of likely N-dealkylation sites (tertiary alicyclic amines) is 1. The zero-order valence-electron chi connectivity index (χ0n) is 17.4. The van der Waals surface area contributed by atoms with Gasteiger partial charge in [0.25, 0.3) is 0 Å². The number of hydrogen-bond acceptors (Lipinski definition) is 5. The molecule has 2 N–H and O–H groups in total. The van der Waals surface area contributed by atoms with E-state index in [4.69, 9.17) is 9.84 Å². The minimum atomic E-state index is -1.17. The van der Waals surface area contributed by atoms with E-state index in [9.17, 15) is 5.11 Å². The van der Waals surface area contributed by atoms with Gasteiger partial charge in [-0.3, -0.25) is 4.98 Å². The van der Waals surface area contributed by atoms with E-state index >= 15 is 0 Å². The summed E-state index contributed by atoms with van der Waals surface area (Å²) in [5, 5.41) is 21.1. The van der Waals surface area contributed by atoms with Crippen molar-refractivity contribution < 1.29 is 14.9 Å². The van der Waals surface area contributed by atoms with Crippen molar-refractivity contribution in [2.45, 2.75) is 38.7 Å². The van der Waals surface area contributed by atoms with Gasteiger partial charge in [0.05, 0.1) is 12.8 Å². The second-order valence-electron chi connectivity index (χ2n) is 8.56. The molecule has 1 fully saturated rings. The molecule has 2 aromatic rings. The summed E-state index contributed by atoms with van der Waals surface area (Å²) in [5.74, 6) is 1.05. The van der Waals surface area contributed by atoms with Crippen LogP contribution in [0.4, 0.5) is 0 Å². The average molecular weight is 385 g/mol. The van der Waals surface area contributed by atoms with Gasteiger partial charge in [0.2, 0.25) is 0 Å². The second kappa shape index (κ2) is 8.19. The van der Waals surface area contributed by atoms with E-state index in [1.165, 1.54) is 5.56 Å². The Morgan fingerprint density at radius 2 is 1.86 bits per heavy atom. The second-order valence-corrected chi connectivity index (χ2v) is 8.56. The topological polar surface area (TPSA) is 65.8 Å². The van der Waals surface area contributed by atoms with Crippen molar-refractivity contribution in [3.8, 4) is 5.75 Å². The standard InChI is InChI=1S/C23H32N2O3/c1-17(2)18-6-8-19(9-7-18)23(27,22(3)15-25(4)16-22)20-12-21(14-24-13-20)28-11-5-10-26/h6-9,12-14,17,26-27H,5,10-11,15-16H2,1-4H3. The Labute approximate surface area is 168 Å². The molecule has 28 heavy (non-hydrogen) atoms. The van der Waals surface area contributed by atoms with Crippen LogP contribution in [0.3, 0.4) is 0 Å². The molecule has 0 radical (unpaired) electrons. The molecule has 1 atom stereocenters. The van der Waals surface area contributed by atoms with Crippen LogP contribution in [-0.2, 0) is 5.60 Å². The molecule has 2 heterocycles. The minimum absolute atomic E-state index is 0.0870. The van der Waals surface area contributed by atoms with Crippen LogP contribution in [0.5, 0.6) is 5.75 Å². The first kappa shape index (κ1) is 20.8. The van der Waals surface area contributed by atoms with E-state index in [-0.39, 0.29) is 12.0 Å². The van der Waals surface area contributed by atoms with Crippen molar-refractivity contribution in [2.75, 3.05) is 33.4 Å². The van der Waals surface area contributed by atoms with E-state index in [2.05, 4.69) is 49.8 Å². The largest absolute Gasteiger partial charge is 0.492 e. The van der Waals surface area contributed by atoms with Gasteiger partial charge in [0.1, 0.15) is 11.4 Å². The lowest BCUT2D eigenvalue weighted by Crippen LogP contribution is -2.63. The van der Waals surface area contributed by atoms with Gasteiger partial charge in [-0.25, -0.2) is 0 Å². The van der Waals surface area contributed by atoms with E-state index in [0.29, 0.717) is 24.7 Å². The molecule has 0 bridgehead atoms. The number of hydrogen-bond donors (Lipinski definition) is 2. The molecule has 152 valence electrons. The zero-order valence-corrected chi connectivity index (χ0v) is 17.4. The Bertz CT molecular complexity index is 785. The highest BCUT2D eigenvalue weighted by molar-refractivity contribution is 5.42. The number of benzene rings is 1. The van der Waals surface area contributed by atoms with Crippen molar-refractivity contribution in [2.24, 2.45) is 5.41 Å². The molecule has 0 spiro atoms. The van der Waals surface area contributed by atoms with Crippen LogP contribution in [-0.4, -0.2) is 53.4 Å². The summed E-state index contributed by atoms with van der Waals surface area (Å²) in [7, 11) is 2.07. The fourth-order valence-corrected chi connectivity index (χ4v) is 4.30. The number of aromatic nitrogens is 1. The third-order valence-corrected chi connectivity index (χ3v) is 5.81. The first-order valence-corrected chi connectivity index (χ1v) is 10.0. The molecule has 1 aliphatic rings. The maximum Gasteiger partial charge on any atom is 0.137 e. The van der Waals surface area contributed by atoms with Crippen LogP contribution in [0.25, 0.3) is 0 Å². The summed E-state index contributed by atoms with van der Waals surface area (Å²) in [4.78, 5) is 6.54. The van der Waals surface area contributed by atoms with E-state index in [1.807, 2.05) is 18.2 Å². The minimum Gasteiger partial charge on any atom is -0.492 e. The average Bonchev–Trinajstić information content (AvgIpc) is 2.66. The highest BCUT2D eigenvalue weighted by Crippen LogP contribution is 2.50. The van der Waals surface area contributed by atoms with Gasteiger partial charge >= 0.3 is 0 Å².